The number of hydrogen-bond donors (Lipinski definition) is 2. The van der Waals surface area contributed by atoms with E-state index in [1.54, 1.807) is 0 Å². The third kappa shape index (κ3) is 4.62. The first kappa shape index (κ1) is 17.8. The first-order chi connectivity index (χ1) is 9.49. The third-order valence-corrected chi connectivity index (χ3v) is 3.67. The molecule has 21 heavy (non-hydrogen) atoms. The maximum Gasteiger partial charge on any atom is 0.238 e. The molecule has 1 aromatic carbocycles. The molecule has 1 aliphatic heterocycles. The fraction of sp³-hybridized carbons (Fsp3) is 0.500. The van der Waals surface area contributed by atoms with Crippen LogP contribution in [0, 0.1) is 17.6 Å². The molecule has 1 aliphatic rings. The number of benzene rings is 1. The van der Waals surface area contributed by atoms with E-state index in [0.717, 1.165) is 25.1 Å². The first-order valence-electron chi connectivity index (χ1n) is 6.68. The monoisotopic (exact) mass is 319 g/mol. The molecule has 7 heteroatoms. The van der Waals surface area contributed by atoms with Crippen molar-refractivity contribution < 1.29 is 13.6 Å². The summed E-state index contributed by atoms with van der Waals surface area (Å²) in [7, 11) is 0. The number of nitrogens with zero attached hydrogens (tertiary/aromatic N) is 1. The molecular formula is C14H20ClF2N3O. The van der Waals surface area contributed by atoms with E-state index in [-0.39, 0.29) is 30.5 Å². The van der Waals surface area contributed by atoms with Crippen LogP contribution in [-0.4, -0.2) is 36.5 Å². The highest BCUT2D eigenvalue weighted by Crippen LogP contribution is 2.21. The molecule has 0 bridgehead atoms. The number of nitrogens with one attached hydrogen (secondary N) is 1. The fourth-order valence-corrected chi connectivity index (χ4v) is 2.57. The van der Waals surface area contributed by atoms with Gasteiger partial charge in [-0.05, 0) is 37.9 Å². The Hall–Kier alpha value is -1.24. The predicted molar refractivity (Wildman–Crippen MR) is 80.4 cm³/mol. The molecule has 118 valence electrons. The van der Waals surface area contributed by atoms with Gasteiger partial charge in [0.25, 0.3) is 0 Å². The standard InChI is InChI=1S/C14H19F2N3O.ClH/c1-9-4-10(6-17)7-19(9)8-14(20)18-11-2-3-12(15)13(16)5-11;/h2-3,5,9-10H,4,6-8,17H2,1H3,(H,18,20);1H. The van der Waals surface area contributed by atoms with E-state index >= 15 is 0 Å². The fourth-order valence-electron chi connectivity index (χ4n) is 2.57. The summed E-state index contributed by atoms with van der Waals surface area (Å²) in [6.07, 6.45) is 0.981. The minimum atomic E-state index is -0.972. The minimum Gasteiger partial charge on any atom is -0.330 e. The van der Waals surface area contributed by atoms with Gasteiger partial charge < -0.3 is 11.1 Å². The largest absolute Gasteiger partial charge is 0.330 e. The molecule has 0 aromatic heterocycles. The summed E-state index contributed by atoms with van der Waals surface area (Å²) in [6.45, 7) is 3.70. The van der Waals surface area contributed by atoms with Crippen molar-refractivity contribution in [2.75, 3.05) is 25.0 Å². The molecule has 1 amide bonds. The number of halogens is 3. The summed E-state index contributed by atoms with van der Waals surface area (Å²) in [5, 5.41) is 2.57. The van der Waals surface area contributed by atoms with Crippen molar-refractivity contribution in [1.82, 2.24) is 4.90 Å². The Kier molecular flexibility index (Phi) is 6.51. The van der Waals surface area contributed by atoms with Crippen LogP contribution in [-0.2, 0) is 4.79 Å². The van der Waals surface area contributed by atoms with E-state index < -0.39 is 11.6 Å². The van der Waals surface area contributed by atoms with Crippen molar-refractivity contribution in [1.29, 1.82) is 0 Å². The van der Waals surface area contributed by atoms with Crippen molar-refractivity contribution in [3.05, 3.63) is 29.8 Å². The number of hydrogen-bond acceptors (Lipinski definition) is 3. The second-order valence-corrected chi connectivity index (χ2v) is 5.29. The first-order valence-corrected chi connectivity index (χ1v) is 6.68. The van der Waals surface area contributed by atoms with Gasteiger partial charge in [-0.25, -0.2) is 8.78 Å². The Morgan fingerprint density at radius 3 is 2.71 bits per heavy atom. The van der Waals surface area contributed by atoms with Gasteiger partial charge in [0.05, 0.1) is 6.54 Å². The van der Waals surface area contributed by atoms with Crippen LogP contribution in [0.25, 0.3) is 0 Å². The molecule has 1 aromatic rings. The zero-order chi connectivity index (χ0) is 14.7. The molecule has 3 N–H and O–H groups in total. The van der Waals surface area contributed by atoms with Gasteiger partial charge in [-0.1, -0.05) is 0 Å². The average molecular weight is 320 g/mol. The van der Waals surface area contributed by atoms with Crippen LogP contribution in [0.1, 0.15) is 13.3 Å². The van der Waals surface area contributed by atoms with Crippen LogP contribution in [0.4, 0.5) is 14.5 Å². The number of anilines is 1. The maximum atomic E-state index is 13.0. The average Bonchev–Trinajstić information content (AvgIpc) is 2.74. The lowest BCUT2D eigenvalue weighted by molar-refractivity contribution is -0.117. The van der Waals surface area contributed by atoms with Gasteiger partial charge in [-0.2, -0.15) is 0 Å². The Balaban J connectivity index is 0.00000220. The zero-order valence-electron chi connectivity index (χ0n) is 11.8. The molecule has 0 saturated carbocycles. The summed E-state index contributed by atoms with van der Waals surface area (Å²) in [4.78, 5) is 14.0. The van der Waals surface area contributed by atoms with Crippen molar-refractivity contribution >= 4 is 24.0 Å². The Morgan fingerprint density at radius 1 is 1.43 bits per heavy atom. The zero-order valence-corrected chi connectivity index (χ0v) is 12.6. The van der Waals surface area contributed by atoms with Crippen LogP contribution in [0.5, 0.6) is 0 Å². The smallest absolute Gasteiger partial charge is 0.238 e. The molecule has 0 aliphatic carbocycles. The Labute approximate surface area is 129 Å². The number of carbonyl (C=O) groups is 1. The highest BCUT2D eigenvalue weighted by atomic mass is 35.5. The van der Waals surface area contributed by atoms with Crippen molar-refractivity contribution in [3.8, 4) is 0 Å². The number of likely N-dealkylation sites (tertiary alicyclic amines) is 1. The van der Waals surface area contributed by atoms with E-state index in [2.05, 4.69) is 12.2 Å². The van der Waals surface area contributed by atoms with Gasteiger partial charge >= 0.3 is 0 Å². The molecule has 2 unspecified atom stereocenters. The Bertz CT molecular complexity index is 501. The van der Waals surface area contributed by atoms with Gasteiger partial charge in [0.15, 0.2) is 11.6 Å². The lowest BCUT2D eigenvalue weighted by atomic mass is 10.1. The maximum absolute atomic E-state index is 13.0. The lowest BCUT2D eigenvalue weighted by Gasteiger charge is -2.20. The molecular weight excluding hydrogens is 300 g/mol. The Morgan fingerprint density at radius 2 is 2.14 bits per heavy atom. The van der Waals surface area contributed by atoms with Crippen molar-refractivity contribution in [3.63, 3.8) is 0 Å². The molecule has 0 spiro atoms. The number of amides is 1. The lowest BCUT2D eigenvalue weighted by Crippen LogP contribution is -2.36. The van der Waals surface area contributed by atoms with Gasteiger partial charge in [0.1, 0.15) is 0 Å². The van der Waals surface area contributed by atoms with Crippen LogP contribution in [0.2, 0.25) is 0 Å². The van der Waals surface area contributed by atoms with E-state index in [1.807, 2.05) is 4.90 Å². The third-order valence-electron chi connectivity index (χ3n) is 3.67. The highest BCUT2D eigenvalue weighted by Gasteiger charge is 2.29. The SMILES string of the molecule is CC1CC(CN)CN1CC(=O)Nc1ccc(F)c(F)c1.Cl. The van der Waals surface area contributed by atoms with Gasteiger partial charge in [-0.15, -0.1) is 12.4 Å². The summed E-state index contributed by atoms with van der Waals surface area (Å²) in [6, 6.07) is 3.61. The van der Waals surface area contributed by atoms with E-state index in [1.165, 1.54) is 6.07 Å². The summed E-state index contributed by atoms with van der Waals surface area (Å²) >= 11 is 0. The minimum absolute atomic E-state index is 0. The van der Waals surface area contributed by atoms with Crippen LogP contribution in [0.15, 0.2) is 18.2 Å². The molecule has 2 rings (SSSR count). The van der Waals surface area contributed by atoms with Crippen molar-refractivity contribution in [2.45, 2.75) is 19.4 Å². The second kappa shape index (κ2) is 7.68. The quantitative estimate of drug-likeness (QED) is 0.892. The highest BCUT2D eigenvalue weighted by molar-refractivity contribution is 5.92. The van der Waals surface area contributed by atoms with E-state index in [4.69, 9.17) is 5.73 Å². The van der Waals surface area contributed by atoms with E-state index in [9.17, 15) is 13.6 Å². The van der Waals surface area contributed by atoms with Gasteiger partial charge in [0.2, 0.25) is 5.91 Å². The predicted octanol–water partition coefficient (Wildman–Crippen LogP) is 1.99. The van der Waals surface area contributed by atoms with Crippen molar-refractivity contribution in [2.24, 2.45) is 11.7 Å². The van der Waals surface area contributed by atoms with Crippen LogP contribution < -0.4 is 11.1 Å². The molecule has 2 atom stereocenters. The summed E-state index contributed by atoms with van der Waals surface area (Å²) in [5.41, 5.74) is 5.90. The number of carbonyl (C=O) groups excluding carboxylic acids is 1. The normalized spacial score (nSPS) is 21.9. The second-order valence-electron chi connectivity index (χ2n) is 5.29. The molecule has 1 fully saturated rings. The number of rotatable bonds is 4. The topological polar surface area (TPSA) is 58.4 Å². The molecule has 1 saturated heterocycles. The van der Waals surface area contributed by atoms with Crippen LogP contribution in [0.3, 0.4) is 0 Å². The van der Waals surface area contributed by atoms with Crippen LogP contribution >= 0.6 is 12.4 Å². The van der Waals surface area contributed by atoms with Gasteiger partial charge in [0, 0.05) is 24.3 Å². The summed E-state index contributed by atoms with van der Waals surface area (Å²) < 4.78 is 25.8. The molecule has 1 heterocycles. The summed E-state index contributed by atoms with van der Waals surface area (Å²) in [5.74, 6) is -1.72. The number of nitrogens with two attached hydrogens (primary N) is 1. The molecule has 0 radical (unpaired) electrons. The molecule has 4 nitrogen and oxygen atoms in total. The van der Waals surface area contributed by atoms with E-state index in [0.29, 0.717) is 18.5 Å². The van der Waals surface area contributed by atoms with Gasteiger partial charge in [-0.3, -0.25) is 9.69 Å².